The molecule has 0 N–H and O–H groups in total. The molecule has 0 aromatic heterocycles. The number of carbonyl (C=O) groups is 1. The Morgan fingerprint density at radius 1 is 1.00 bits per heavy atom. The van der Waals surface area contributed by atoms with Crippen LogP contribution < -0.4 is 0 Å². The maximum absolute atomic E-state index is 11.6. The lowest BCUT2D eigenvalue weighted by atomic mass is 10.1. The monoisotopic (exact) mass is 240 g/mol. The molecule has 0 amide bonds. The number of hydrogen-bond acceptors (Lipinski definition) is 2. The van der Waals surface area contributed by atoms with Crippen LogP contribution in [0.1, 0.15) is 16.7 Å². The molecule has 0 aliphatic heterocycles. The summed E-state index contributed by atoms with van der Waals surface area (Å²) < 4.78 is 5.25. The Morgan fingerprint density at radius 3 is 2.44 bits per heavy atom. The molecule has 0 fully saturated rings. The molecule has 0 bridgehead atoms. The predicted molar refractivity (Wildman–Crippen MR) is 71.1 cm³/mol. The molecule has 2 aromatic carbocycles. The highest BCUT2D eigenvalue weighted by Crippen LogP contribution is 2.07. The van der Waals surface area contributed by atoms with E-state index in [4.69, 9.17) is 4.74 Å². The van der Waals surface area contributed by atoms with Gasteiger partial charge in [-0.05, 0) is 18.1 Å². The Hall–Kier alpha value is -2.09. The summed E-state index contributed by atoms with van der Waals surface area (Å²) in [7, 11) is 0. The predicted octanol–water partition coefficient (Wildman–Crippen LogP) is 3.28. The minimum atomic E-state index is -0.192. The van der Waals surface area contributed by atoms with Crippen molar-refractivity contribution >= 4 is 5.97 Å². The molecule has 92 valence electrons. The fourth-order valence-corrected chi connectivity index (χ4v) is 1.78. The lowest BCUT2D eigenvalue weighted by Gasteiger charge is -2.05. The Morgan fingerprint density at radius 2 is 1.72 bits per heavy atom. The molecular formula is C16H16O2. The van der Waals surface area contributed by atoms with Gasteiger partial charge in [0.15, 0.2) is 0 Å². The van der Waals surface area contributed by atoms with Crippen molar-refractivity contribution in [2.24, 2.45) is 0 Å². The van der Waals surface area contributed by atoms with E-state index in [-0.39, 0.29) is 5.97 Å². The summed E-state index contributed by atoms with van der Waals surface area (Å²) in [5.41, 5.74) is 3.18. The van der Waals surface area contributed by atoms with Gasteiger partial charge in [0, 0.05) is 0 Å². The van der Waals surface area contributed by atoms with E-state index in [9.17, 15) is 4.79 Å². The first-order valence-electron chi connectivity index (χ1n) is 5.99. The van der Waals surface area contributed by atoms with Crippen molar-refractivity contribution in [3.8, 4) is 0 Å². The molecule has 0 heterocycles. The molecule has 2 rings (SSSR count). The van der Waals surface area contributed by atoms with Crippen LogP contribution >= 0.6 is 0 Å². The van der Waals surface area contributed by atoms with Gasteiger partial charge in [-0.25, -0.2) is 0 Å². The van der Waals surface area contributed by atoms with E-state index in [2.05, 4.69) is 0 Å². The zero-order chi connectivity index (χ0) is 12.8. The summed E-state index contributed by atoms with van der Waals surface area (Å²) in [6, 6.07) is 17.6. The van der Waals surface area contributed by atoms with Crippen molar-refractivity contribution in [3.63, 3.8) is 0 Å². The maximum atomic E-state index is 11.6. The molecule has 0 saturated carbocycles. The lowest BCUT2D eigenvalue weighted by Crippen LogP contribution is -2.07. The fraction of sp³-hybridized carbons (Fsp3) is 0.188. The Labute approximate surface area is 107 Å². The third-order valence-corrected chi connectivity index (χ3v) is 2.67. The Bertz CT molecular complexity index is 518. The van der Waals surface area contributed by atoms with Gasteiger partial charge >= 0.3 is 5.97 Å². The van der Waals surface area contributed by atoms with E-state index >= 15 is 0 Å². The van der Waals surface area contributed by atoms with Gasteiger partial charge in [0.05, 0.1) is 6.42 Å². The second kappa shape index (κ2) is 6.01. The highest BCUT2D eigenvalue weighted by molar-refractivity contribution is 5.72. The summed E-state index contributed by atoms with van der Waals surface area (Å²) in [6.07, 6.45) is 0.326. The second-order valence-corrected chi connectivity index (χ2v) is 4.31. The first kappa shape index (κ1) is 12.4. The SMILES string of the molecule is Cc1cccc(COC(=O)Cc2ccccc2)c1. The van der Waals surface area contributed by atoms with Gasteiger partial charge in [0.1, 0.15) is 6.61 Å². The number of carbonyl (C=O) groups excluding carboxylic acids is 1. The highest BCUT2D eigenvalue weighted by atomic mass is 16.5. The van der Waals surface area contributed by atoms with Gasteiger partial charge in [-0.1, -0.05) is 60.2 Å². The summed E-state index contributed by atoms with van der Waals surface area (Å²) in [5, 5.41) is 0. The van der Waals surface area contributed by atoms with Crippen molar-refractivity contribution in [1.29, 1.82) is 0 Å². The standard InChI is InChI=1S/C16H16O2/c1-13-6-5-9-15(10-13)12-18-16(17)11-14-7-3-2-4-8-14/h2-10H,11-12H2,1H3. The third-order valence-electron chi connectivity index (χ3n) is 2.67. The quantitative estimate of drug-likeness (QED) is 0.767. The minimum absolute atomic E-state index is 0.192. The first-order chi connectivity index (χ1) is 8.74. The molecule has 2 nitrogen and oxygen atoms in total. The molecule has 0 unspecified atom stereocenters. The molecule has 0 aliphatic carbocycles. The average Bonchev–Trinajstić information content (AvgIpc) is 2.38. The van der Waals surface area contributed by atoms with Gasteiger partial charge in [-0.15, -0.1) is 0 Å². The van der Waals surface area contributed by atoms with E-state index in [0.29, 0.717) is 13.0 Å². The molecule has 0 aliphatic rings. The summed E-state index contributed by atoms with van der Waals surface area (Å²) >= 11 is 0. The van der Waals surface area contributed by atoms with Crippen LogP contribution in [0, 0.1) is 6.92 Å². The maximum Gasteiger partial charge on any atom is 0.310 e. The number of esters is 1. The van der Waals surface area contributed by atoms with Gasteiger partial charge in [-0.3, -0.25) is 4.79 Å². The second-order valence-electron chi connectivity index (χ2n) is 4.31. The van der Waals surface area contributed by atoms with E-state index in [1.165, 1.54) is 5.56 Å². The smallest absolute Gasteiger partial charge is 0.310 e. The summed E-state index contributed by atoms with van der Waals surface area (Å²) in [4.78, 5) is 11.6. The molecule has 0 saturated heterocycles. The van der Waals surface area contributed by atoms with Crippen LogP contribution in [-0.4, -0.2) is 5.97 Å². The largest absolute Gasteiger partial charge is 0.461 e. The average molecular weight is 240 g/mol. The molecule has 0 spiro atoms. The van der Waals surface area contributed by atoms with Crippen LogP contribution in [0.3, 0.4) is 0 Å². The van der Waals surface area contributed by atoms with Gasteiger partial charge in [0.25, 0.3) is 0 Å². The summed E-state index contributed by atoms with van der Waals surface area (Å²) in [5.74, 6) is -0.192. The Balaban J connectivity index is 1.85. The van der Waals surface area contributed by atoms with Crippen molar-refractivity contribution in [1.82, 2.24) is 0 Å². The zero-order valence-corrected chi connectivity index (χ0v) is 10.4. The van der Waals surface area contributed by atoms with Crippen molar-refractivity contribution in [3.05, 3.63) is 71.3 Å². The fourth-order valence-electron chi connectivity index (χ4n) is 1.78. The molecular weight excluding hydrogens is 224 g/mol. The van der Waals surface area contributed by atoms with Crippen LogP contribution in [0.5, 0.6) is 0 Å². The van der Waals surface area contributed by atoms with E-state index in [0.717, 1.165) is 11.1 Å². The van der Waals surface area contributed by atoms with Crippen LogP contribution in [0.4, 0.5) is 0 Å². The number of aryl methyl sites for hydroxylation is 1. The van der Waals surface area contributed by atoms with Gasteiger partial charge < -0.3 is 4.74 Å². The normalized spacial score (nSPS) is 10.1. The number of ether oxygens (including phenoxy) is 1. The third kappa shape index (κ3) is 3.74. The number of benzene rings is 2. The van der Waals surface area contributed by atoms with Crippen LogP contribution in [-0.2, 0) is 22.6 Å². The molecule has 0 atom stereocenters. The van der Waals surface area contributed by atoms with Crippen molar-refractivity contribution in [2.75, 3.05) is 0 Å². The molecule has 18 heavy (non-hydrogen) atoms. The van der Waals surface area contributed by atoms with Gasteiger partial charge in [0.2, 0.25) is 0 Å². The summed E-state index contributed by atoms with van der Waals surface area (Å²) in [6.45, 7) is 2.36. The first-order valence-corrected chi connectivity index (χ1v) is 5.99. The highest BCUT2D eigenvalue weighted by Gasteiger charge is 2.04. The van der Waals surface area contributed by atoms with Crippen LogP contribution in [0.2, 0.25) is 0 Å². The van der Waals surface area contributed by atoms with E-state index in [1.54, 1.807) is 0 Å². The zero-order valence-electron chi connectivity index (χ0n) is 10.4. The topological polar surface area (TPSA) is 26.3 Å². The van der Waals surface area contributed by atoms with Crippen LogP contribution in [0.15, 0.2) is 54.6 Å². The lowest BCUT2D eigenvalue weighted by molar-refractivity contribution is -0.144. The Kier molecular flexibility index (Phi) is 4.13. The van der Waals surface area contributed by atoms with Crippen LogP contribution in [0.25, 0.3) is 0 Å². The van der Waals surface area contributed by atoms with E-state index < -0.39 is 0 Å². The van der Waals surface area contributed by atoms with Crippen molar-refractivity contribution < 1.29 is 9.53 Å². The molecule has 0 radical (unpaired) electrons. The molecule has 2 heteroatoms. The minimum Gasteiger partial charge on any atom is -0.461 e. The van der Waals surface area contributed by atoms with Crippen molar-refractivity contribution in [2.45, 2.75) is 20.0 Å². The van der Waals surface area contributed by atoms with Gasteiger partial charge in [-0.2, -0.15) is 0 Å². The number of rotatable bonds is 4. The number of hydrogen-bond donors (Lipinski definition) is 0. The van der Waals surface area contributed by atoms with E-state index in [1.807, 2.05) is 61.5 Å². The molecule has 2 aromatic rings.